The molecule has 5 amide bonds. The van der Waals surface area contributed by atoms with Crippen molar-refractivity contribution in [3.63, 3.8) is 0 Å². The van der Waals surface area contributed by atoms with Crippen LogP contribution in [-0.4, -0.2) is 231 Å². The highest BCUT2D eigenvalue weighted by atomic mass is 16.6. The van der Waals surface area contributed by atoms with Gasteiger partial charge in [-0.1, -0.05) is 6.07 Å². The van der Waals surface area contributed by atoms with Gasteiger partial charge in [0.05, 0.1) is 183 Å². The number of hydrogen-bond acceptors (Lipinski definition) is 20. The molecule has 394 valence electrons. The summed E-state index contributed by atoms with van der Waals surface area (Å²) in [4.78, 5) is 62.5. The molecule has 2 heterocycles. The summed E-state index contributed by atoms with van der Waals surface area (Å²) in [6.45, 7) is 17.6. The van der Waals surface area contributed by atoms with Crippen LogP contribution >= 0.6 is 0 Å². The minimum Gasteiger partial charge on any atom is -0.444 e. The molecule has 0 spiro atoms. The lowest BCUT2D eigenvalue weighted by Gasteiger charge is -2.27. The molecule has 2 aliphatic heterocycles. The van der Waals surface area contributed by atoms with Crippen LogP contribution in [-0.2, 0) is 75.9 Å². The average molecular weight is 989 g/mol. The van der Waals surface area contributed by atoms with E-state index >= 15 is 0 Å². The smallest absolute Gasteiger partial charge is 0.407 e. The van der Waals surface area contributed by atoms with Gasteiger partial charge >= 0.3 is 6.09 Å². The fourth-order valence-electron chi connectivity index (χ4n) is 6.20. The van der Waals surface area contributed by atoms with Crippen LogP contribution in [0.2, 0.25) is 0 Å². The number of fused-ring (bicyclic) bond motifs is 1. The number of amides is 5. The summed E-state index contributed by atoms with van der Waals surface area (Å²) >= 11 is 0. The van der Waals surface area contributed by atoms with Gasteiger partial charge < -0.3 is 76.9 Å². The van der Waals surface area contributed by atoms with E-state index < -0.39 is 41.4 Å². The van der Waals surface area contributed by atoms with Gasteiger partial charge in [0.2, 0.25) is 11.8 Å². The Balaban J connectivity index is 0.938. The number of ether oxygens (including phenoxy) is 14. The van der Waals surface area contributed by atoms with Crippen molar-refractivity contribution < 1.29 is 90.3 Å². The second-order valence-corrected chi connectivity index (χ2v) is 16.0. The Kier molecular flexibility index (Phi) is 32.5. The van der Waals surface area contributed by atoms with E-state index in [0.29, 0.717) is 191 Å². The van der Waals surface area contributed by atoms with Crippen molar-refractivity contribution in [3.05, 3.63) is 29.3 Å². The number of carbonyl (C=O) groups is 5. The molecule has 2 aliphatic rings. The molecular formula is C46H76N4O19. The first kappa shape index (κ1) is 59.4. The molecule has 69 heavy (non-hydrogen) atoms. The average Bonchev–Trinajstić information content (AvgIpc) is 3.57. The lowest BCUT2D eigenvalue weighted by molar-refractivity contribution is -0.136. The first-order chi connectivity index (χ1) is 33.6. The van der Waals surface area contributed by atoms with Gasteiger partial charge in [-0.3, -0.25) is 29.4 Å². The van der Waals surface area contributed by atoms with E-state index in [1.807, 2.05) is 20.8 Å². The minimum absolute atomic E-state index is 0.0604. The van der Waals surface area contributed by atoms with Crippen molar-refractivity contribution in [1.82, 2.24) is 15.5 Å². The van der Waals surface area contributed by atoms with Crippen LogP contribution < -0.4 is 16.0 Å². The molecule has 1 aromatic carbocycles. The van der Waals surface area contributed by atoms with Gasteiger partial charge in [-0.25, -0.2) is 4.79 Å². The number of carbonyl (C=O) groups excluding carboxylic acids is 5. The number of imide groups is 2. The second kappa shape index (κ2) is 37.8. The van der Waals surface area contributed by atoms with Crippen LogP contribution in [0.1, 0.15) is 54.3 Å². The van der Waals surface area contributed by atoms with Crippen LogP contribution in [0, 0.1) is 0 Å². The summed E-state index contributed by atoms with van der Waals surface area (Å²) in [5.74, 6) is -2.19. The molecular weight excluding hydrogens is 913 g/mol. The molecule has 0 aromatic heterocycles. The van der Waals surface area contributed by atoms with Crippen molar-refractivity contribution in [2.75, 3.05) is 190 Å². The first-order valence-corrected chi connectivity index (χ1v) is 23.6. The van der Waals surface area contributed by atoms with Crippen LogP contribution in [0.25, 0.3) is 0 Å². The number of rotatable bonds is 44. The summed E-state index contributed by atoms with van der Waals surface area (Å²) in [6.07, 6.45) is -0.304. The van der Waals surface area contributed by atoms with Gasteiger partial charge in [0.25, 0.3) is 11.8 Å². The Bertz CT molecular complexity index is 1590. The van der Waals surface area contributed by atoms with Gasteiger partial charge in [-0.2, -0.15) is 0 Å². The van der Waals surface area contributed by atoms with E-state index in [1.54, 1.807) is 18.2 Å². The van der Waals surface area contributed by atoms with Gasteiger partial charge in [-0.05, 0) is 39.3 Å². The Labute approximate surface area is 405 Å². The molecule has 3 N–H and O–H groups in total. The molecule has 1 aromatic rings. The molecule has 0 radical (unpaired) electrons. The van der Waals surface area contributed by atoms with E-state index in [4.69, 9.17) is 66.3 Å². The Morgan fingerprint density at radius 3 is 1.26 bits per heavy atom. The Hall–Kier alpha value is -3.95. The fourth-order valence-corrected chi connectivity index (χ4v) is 6.20. The van der Waals surface area contributed by atoms with E-state index in [0.717, 1.165) is 4.90 Å². The number of nitrogens with one attached hydrogen (secondary N) is 3. The summed E-state index contributed by atoms with van der Waals surface area (Å²) in [5, 5.41) is 7.96. The van der Waals surface area contributed by atoms with Crippen molar-refractivity contribution in [1.29, 1.82) is 0 Å². The largest absolute Gasteiger partial charge is 0.444 e. The molecule has 1 atom stereocenters. The molecule has 23 nitrogen and oxygen atoms in total. The zero-order valence-corrected chi connectivity index (χ0v) is 40.7. The van der Waals surface area contributed by atoms with Gasteiger partial charge in [0, 0.05) is 25.2 Å². The normalized spacial score (nSPS) is 14.9. The monoisotopic (exact) mass is 989 g/mol. The SMILES string of the molecule is CC(C)(C)OC(=O)NCCOCCOCCOCCOCCOCCOCCOCCOCCOCCOCCOCCOCCOCCNc1cccc2c1C(=O)N(C1CCC(=O)NC1=O)C2=O. The van der Waals surface area contributed by atoms with E-state index in [1.165, 1.54) is 0 Å². The predicted molar refractivity (Wildman–Crippen MR) is 246 cm³/mol. The van der Waals surface area contributed by atoms with Crippen LogP contribution in [0.15, 0.2) is 18.2 Å². The van der Waals surface area contributed by atoms with Crippen molar-refractivity contribution in [2.45, 2.75) is 45.3 Å². The standard InChI is InChI=1S/C46H76N4O19/c1-46(2,3)69-45(55)48-10-12-57-14-16-59-18-20-61-22-24-63-26-28-65-30-32-67-34-36-68-35-33-66-31-29-64-27-25-62-23-21-60-19-17-58-15-13-56-11-9-47-38-6-4-5-37-41(38)44(54)50(43(37)53)39-7-8-40(51)49-42(39)52/h4-6,39,47H,7-36H2,1-3H3,(H,48,55)(H,49,51,52). The zero-order chi connectivity index (χ0) is 49.6. The first-order valence-electron chi connectivity index (χ1n) is 23.6. The Morgan fingerprint density at radius 1 is 0.536 bits per heavy atom. The maximum absolute atomic E-state index is 13.2. The molecule has 1 saturated heterocycles. The number of piperidine rings is 1. The molecule has 1 fully saturated rings. The quantitative estimate of drug-likeness (QED) is 0.0614. The molecule has 1 unspecified atom stereocenters. The van der Waals surface area contributed by atoms with E-state index in [9.17, 15) is 24.0 Å². The van der Waals surface area contributed by atoms with Gasteiger partial charge in [0.1, 0.15) is 11.6 Å². The fraction of sp³-hybridized carbons (Fsp3) is 0.761. The van der Waals surface area contributed by atoms with Crippen molar-refractivity contribution >= 4 is 35.4 Å². The summed E-state index contributed by atoms with van der Waals surface area (Å²) in [5.41, 5.74) is 0.367. The molecule has 0 aliphatic carbocycles. The predicted octanol–water partition coefficient (Wildman–Crippen LogP) is 1.24. The number of hydrogen-bond donors (Lipinski definition) is 3. The van der Waals surface area contributed by atoms with E-state index in [2.05, 4.69) is 16.0 Å². The van der Waals surface area contributed by atoms with Gasteiger partial charge in [-0.15, -0.1) is 0 Å². The molecule has 0 saturated carbocycles. The van der Waals surface area contributed by atoms with Crippen molar-refractivity contribution in [2.24, 2.45) is 0 Å². The van der Waals surface area contributed by atoms with Crippen LogP contribution in [0.4, 0.5) is 10.5 Å². The topological polar surface area (TPSA) is 254 Å². The number of benzene rings is 1. The van der Waals surface area contributed by atoms with Crippen LogP contribution in [0.5, 0.6) is 0 Å². The van der Waals surface area contributed by atoms with E-state index in [-0.39, 0.29) is 24.0 Å². The number of alkyl carbamates (subject to hydrolysis) is 1. The number of anilines is 1. The highest BCUT2D eigenvalue weighted by Crippen LogP contribution is 2.32. The zero-order valence-electron chi connectivity index (χ0n) is 40.7. The third kappa shape index (κ3) is 27.9. The van der Waals surface area contributed by atoms with Gasteiger partial charge in [0.15, 0.2) is 0 Å². The van der Waals surface area contributed by atoms with Crippen LogP contribution in [0.3, 0.4) is 0 Å². The second-order valence-electron chi connectivity index (χ2n) is 16.0. The van der Waals surface area contributed by atoms with Crippen molar-refractivity contribution in [3.8, 4) is 0 Å². The third-order valence-electron chi connectivity index (χ3n) is 9.41. The lowest BCUT2D eigenvalue weighted by atomic mass is 10.0. The highest BCUT2D eigenvalue weighted by molar-refractivity contribution is 6.25. The maximum Gasteiger partial charge on any atom is 0.407 e. The summed E-state index contributed by atoms with van der Waals surface area (Å²) in [7, 11) is 0. The number of nitrogens with zero attached hydrogens (tertiary/aromatic N) is 1. The summed E-state index contributed by atoms with van der Waals surface area (Å²) < 4.78 is 76.6. The molecule has 23 heteroatoms. The minimum atomic E-state index is -1.02. The summed E-state index contributed by atoms with van der Waals surface area (Å²) in [6, 6.07) is 3.89. The Morgan fingerprint density at radius 2 is 0.899 bits per heavy atom. The third-order valence-corrected chi connectivity index (χ3v) is 9.41. The molecule has 3 rings (SSSR count). The lowest BCUT2D eigenvalue weighted by Crippen LogP contribution is -2.54. The molecule has 0 bridgehead atoms. The maximum atomic E-state index is 13.2. The highest BCUT2D eigenvalue weighted by Gasteiger charge is 2.45.